The molecule has 0 bridgehead atoms. The second-order valence-corrected chi connectivity index (χ2v) is 5.92. The number of primary amides is 1. The zero-order valence-corrected chi connectivity index (χ0v) is 12.5. The van der Waals surface area contributed by atoms with Gasteiger partial charge in [0.15, 0.2) is 0 Å². The molecule has 0 saturated carbocycles. The van der Waals surface area contributed by atoms with Crippen molar-refractivity contribution in [1.29, 1.82) is 0 Å². The van der Waals surface area contributed by atoms with E-state index in [9.17, 15) is 9.59 Å². The van der Waals surface area contributed by atoms with Crippen LogP contribution in [0.3, 0.4) is 0 Å². The fourth-order valence-electron chi connectivity index (χ4n) is 2.64. The van der Waals surface area contributed by atoms with Crippen molar-refractivity contribution in [3.63, 3.8) is 0 Å². The predicted octanol–water partition coefficient (Wildman–Crippen LogP) is 2.01. The number of aryl methyl sites for hydroxylation is 1. The molecule has 2 N–H and O–H groups in total. The highest BCUT2D eigenvalue weighted by atomic mass is 32.1. The molecule has 1 aromatic carbocycles. The Morgan fingerprint density at radius 1 is 1.35 bits per heavy atom. The Kier molecular flexibility index (Phi) is 4.70. The standard InChI is InChI=1S/C15H20N2O2S/c1-10-2-3-12(20)9-13(10)15(19)17-6-4-11(5-7-17)8-14(16)18/h2-3,9,11,20H,4-8H2,1H3,(H2,16,18). The summed E-state index contributed by atoms with van der Waals surface area (Å²) in [5, 5.41) is 0. The molecule has 1 aliphatic rings. The van der Waals surface area contributed by atoms with E-state index in [2.05, 4.69) is 12.6 Å². The maximum Gasteiger partial charge on any atom is 0.254 e. The molecular weight excluding hydrogens is 272 g/mol. The van der Waals surface area contributed by atoms with Crippen LogP contribution in [0.1, 0.15) is 35.2 Å². The summed E-state index contributed by atoms with van der Waals surface area (Å²) in [5.41, 5.74) is 6.90. The highest BCUT2D eigenvalue weighted by Crippen LogP contribution is 2.23. The van der Waals surface area contributed by atoms with Crippen LogP contribution in [0.4, 0.5) is 0 Å². The van der Waals surface area contributed by atoms with E-state index in [1.54, 1.807) is 0 Å². The molecule has 0 unspecified atom stereocenters. The minimum absolute atomic E-state index is 0.0518. The van der Waals surface area contributed by atoms with Gasteiger partial charge in [-0.2, -0.15) is 0 Å². The molecule has 108 valence electrons. The lowest BCUT2D eigenvalue weighted by molar-refractivity contribution is -0.119. The number of amides is 2. The van der Waals surface area contributed by atoms with Gasteiger partial charge < -0.3 is 10.6 Å². The third-order valence-corrected chi connectivity index (χ3v) is 4.12. The van der Waals surface area contributed by atoms with Crippen molar-refractivity contribution in [3.8, 4) is 0 Å². The Morgan fingerprint density at radius 3 is 2.60 bits per heavy atom. The molecule has 0 radical (unpaired) electrons. The van der Waals surface area contributed by atoms with E-state index in [1.807, 2.05) is 30.0 Å². The van der Waals surface area contributed by atoms with E-state index >= 15 is 0 Å². The Balaban J connectivity index is 2.01. The number of carbonyl (C=O) groups is 2. The summed E-state index contributed by atoms with van der Waals surface area (Å²) < 4.78 is 0. The fraction of sp³-hybridized carbons (Fsp3) is 0.467. The zero-order valence-electron chi connectivity index (χ0n) is 11.6. The summed E-state index contributed by atoms with van der Waals surface area (Å²) in [4.78, 5) is 26.1. The maximum absolute atomic E-state index is 12.5. The molecule has 20 heavy (non-hydrogen) atoms. The van der Waals surface area contributed by atoms with Crippen LogP contribution < -0.4 is 5.73 Å². The van der Waals surface area contributed by atoms with Crippen LogP contribution in [0.25, 0.3) is 0 Å². The Bertz CT molecular complexity index is 523. The van der Waals surface area contributed by atoms with E-state index in [-0.39, 0.29) is 11.8 Å². The minimum atomic E-state index is -0.256. The average molecular weight is 292 g/mol. The van der Waals surface area contributed by atoms with Crippen LogP contribution >= 0.6 is 12.6 Å². The number of piperidine rings is 1. The van der Waals surface area contributed by atoms with Crippen LogP contribution in [0.5, 0.6) is 0 Å². The summed E-state index contributed by atoms with van der Waals surface area (Å²) in [6.45, 7) is 3.31. The van der Waals surface area contributed by atoms with E-state index in [0.717, 1.165) is 23.3 Å². The van der Waals surface area contributed by atoms with Gasteiger partial charge in [-0.25, -0.2) is 0 Å². The van der Waals surface area contributed by atoms with Gasteiger partial charge in [0.2, 0.25) is 5.91 Å². The molecule has 0 aromatic heterocycles. The molecule has 0 spiro atoms. The van der Waals surface area contributed by atoms with Gasteiger partial charge in [-0.1, -0.05) is 6.07 Å². The number of rotatable bonds is 3. The van der Waals surface area contributed by atoms with Gasteiger partial charge >= 0.3 is 0 Å². The lowest BCUT2D eigenvalue weighted by Gasteiger charge is -2.32. The van der Waals surface area contributed by atoms with E-state index in [1.165, 1.54) is 0 Å². The second kappa shape index (κ2) is 6.31. The largest absolute Gasteiger partial charge is 0.370 e. The van der Waals surface area contributed by atoms with Gasteiger partial charge in [0.1, 0.15) is 0 Å². The van der Waals surface area contributed by atoms with Gasteiger partial charge in [-0.15, -0.1) is 12.6 Å². The number of carbonyl (C=O) groups excluding carboxylic acids is 2. The van der Waals surface area contributed by atoms with Crippen LogP contribution in [-0.4, -0.2) is 29.8 Å². The molecule has 2 amide bonds. The second-order valence-electron chi connectivity index (χ2n) is 5.41. The molecule has 1 aliphatic heterocycles. The topological polar surface area (TPSA) is 63.4 Å². The first-order chi connectivity index (χ1) is 9.47. The van der Waals surface area contributed by atoms with Gasteiger partial charge in [0.25, 0.3) is 5.91 Å². The summed E-state index contributed by atoms with van der Waals surface area (Å²) >= 11 is 4.29. The molecule has 1 heterocycles. The highest BCUT2D eigenvalue weighted by molar-refractivity contribution is 7.80. The average Bonchev–Trinajstić information content (AvgIpc) is 2.41. The summed E-state index contributed by atoms with van der Waals surface area (Å²) in [5.74, 6) is 0.109. The summed E-state index contributed by atoms with van der Waals surface area (Å²) in [7, 11) is 0. The van der Waals surface area contributed by atoms with Crippen molar-refractivity contribution in [2.75, 3.05) is 13.1 Å². The molecule has 1 fully saturated rings. The number of thiol groups is 1. The van der Waals surface area contributed by atoms with Crippen molar-refractivity contribution >= 4 is 24.4 Å². The molecule has 0 atom stereocenters. The first-order valence-electron chi connectivity index (χ1n) is 6.84. The third kappa shape index (κ3) is 3.54. The van der Waals surface area contributed by atoms with E-state index < -0.39 is 0 Å². The number of likely N-dealkylation sites (tertiary alicyclic amines) is 1. The Hall–Kier alpha value is -1.49. The molecule has 1 aromatic rings. The number of hydrogen-bond donors (Lipinski definition) is 2. The molecular formula is C15H20N2O2S. The molecule has 2 rings (SSSR count). The normalized spacial score (nSPS) is 16.2. The zero-order chi connectivity index (χ0) is 14.7. The SMILES string of the molecule is Cc1ccc(S)cc1C(=O)N1CCC(CC(N)=O)CC1. The van der Waals surface area contributed by atoms with E-state index in [0.29, 0.717) is 31.0 Å². The molecule has 1 saturated heterocycles. The molecule has 5 heteroatoms. The van der Waals surface area contributed by atoms with Crippen LogP contribution in [0.2, 0.25) is 0 Å². The number of benzene rings is 1. The smallest absolute Gasteiger partial charge is 0.254 e. The first kappa shape index (κ1) is 14.9. The van der Waals surface area contributed by atoms with Crippen molar-refractivity contribution in [2.45, 2.75) is 31.1 Å². The van der Waals surface area contributed by atoms with Crippen LogP contribution in [-0.2, 0) is 4.79 Å². The van der Waals surface area contributed by atoms with Crippen molar-refractivity contribution < 1.29 is 9.59 Å². The minimum Gasteiger partial charge on any atom is -0.370 e. The van der Waals surface area contributed by atoms with Crippen molar-refractivity contribution in [2.24, 2.45) is 11.7 Å². The predicted molar refractivity (Wildman–Crippen MR) is 80.9 cm³/mol. The summed E-state index contributed by atoms with van der Waals surface area (Å²) in [6, 6.07) is 5.61. The number of nitrogens with zero attached hydrogens (tertiary/aromatic N) is 1. The molecule has 0 aliphatic carbocycles. The Morgan fingerprint density at radius 2 is 2.00 bits per heavy atom. The lowest BCUT2D eigenvalue weighted by Crippen LogP contribution is -2.39. The van der Waals surface area contributed by atoms with Crippen molar-refractivity contribution in [1.82, 2.24) is 4.90 Å². The van der Waals surface area contributed by atoms with E-state index in [4.69, 9.17) is 5.73 Å². The van der Waals surface area contributed by atoms with Crippen LogP contribution in [0.15, 0.2) is 23.1 Å². The van der Waals surface area contributed by atoms with Gasteiger partial charge in [-0.3, -0.25) is 9.59 Å². The fourth-order valence-corrected chi connectivity index (χ4v) is 2.84. The van der Waals surface area contributed by atoms with Gasteiger partial charge in [-0.05, 0) is 43.4 Å². The van der Waals surface area contributed by atoms with Gasteiger partial charge in [0, 0.05) is 30.0 Å². The summed E-state index contributed by atoms with van der Waals surface area (Å²) in [6.07, 6.45) is 2.11. The maximum atomic E-state index is 12.5. The Labute approximate surface area is 124 Å². The van der Waals surface area contributed by atoms with Gasteiger partial charge in [0.05, 0.1) is 0 Å². The third-order valence-electron chi connectivity index (χ3n) is 3.84. The quantitative estimate of drug-likeness (QED) is 0.837. The van der Waals surface area contributed by atoms with Crippen LogP contribution in [0, 0.1) is 12.8 Å². The number of nitrogens with two attached hydrogens (primary N) is 1. The molecule has 4 nitrogen and oxygen atoms in total. The van der Waals surface area contributed by atoms with Crippen molar-refractivity contribution in [3.05, 3.63) is 29.3 Å². The lowest BCUT2D eigenvalue weighted by atomic mass is 9.93. The highest BCUT2D eigenvalue weighted by Gasteiger charge is 2.25. The number of hydrogen-bond acceptors (Lipinski definition) is 3. The first-order valence-corrected chi connectivity index (χ1v) is 7.29. The monoisotopic (exact) mass is 292 g/mol.